The van der Waals surface area contributed by atoms with E-state index in [1.54, 1.807) is 0 Å². The minimum atomic E-state index is -0.966. The molecule has 20 heavy (non-hydrogen) atoms. The molecule has 0 bridgehead atoms. The third-order valence-electron chi connectivity index (χ3n) is 3.58. The largest absolute Gasteiger partial charge is 0.314 e. The molecular weight excluding hydrogens is 266 g/mol. The van der Waals surface area contributed by atoms with Crippen LogP contribution in [0.3, 0.4) is 0 Å². The SMILES string of the molecule is O=C1C(=O)N(CCCNC2CC2)c2c(F)ccc(F)c21. The van der Waals surface area contributed by atoms with Crippen molar-refractivity contribution in [1.82, 2.24) is 5.32 Å². The molecule has 0 radical (unpaired) electrons. The van der Waals surface area contributed by atoms with Gasteiger partial charge in [-0.25, -0.2) is 8.78 Å². The van der Waals surface area contributed by atoms with Crippen molar-refractivity contribution in [2.45, 2.75) is 25.3 Å². The van der Waals surface area contributed by atoms with Gasteiger partial charge in [0.1, 0.15) is 11.6 Å². The quantitative estimate of drug-likeness (QED) is 0.659. The fraction of sp³-hybridized carbons (Fsp3) is 0.429. The Balaban J connectivity index is 1.76. The highest BCUT2D eigenvalue weighted by atomic mass is 19.1. The Kier molecular flexibility index (Phi) is 3.25. The van der Waals surface area contributed by atoms with Crippen molar-refractivity contribution < 1.29 is 18.4 Å². The van der Waals surface area contributed by atoms with E-state index in [0.717, 1.165) is 29.9 Å². The zero-order valence-electron chi connectivity index (χ0n) is 10.8. The van der Waals surface area contributed by atoms with Crippen LogP contribution in [0.25, 0.3) is 0 Å². The van der Waals surface area contributed by atoms with Crippen molar-refractivity contribution in [2.75, 3.05) is 18.0 Å². The first-order valence-corrected chi connectivity index (χ1v) is 6.67. The molecule has 0 unspecified atom stereocenters. The van der Waals surface area contributed by atoms with E-state index in [1.165, 1.54) is 0 Å². The van der Waals surface area contributed by atoms with Crippen molar-refractivity contribution in [2.24, 2.45) is 0 Å². The monoisotopic (exact) mass is 280 g/mol. The predicted molar refractivity (Wildman–Crippen MR) is 68.7 cm³/mol. The third-order valence-corrected chi connectivity index (χ3v) is 3.58. The summed E-state index contributed by atoms with van der Waals surface area (Å²) in [6, 6.07) is 2.36. The zero-order chi connectivity index (χ0) is 14.3. The third kappa shape index (κ3) is 2.20. The normalized spacial score (nSPS) is 17.8. The van der Waals surface area contributed by atoms with Crippen LogP contribution in [0.2, 0.25) is 0 Å². The topological polar surface area (TPSA) is 49.4 Å². The molecule has 0 aromatic heterocycles. The number of Topliss-reactive ketones (excluding diaryl/α,β-unsaturated/α-hetero) is 1. The molecule has 1 amide bonds. The van der Waals surface area contributed by atoms with Crippen molar-refractivity contribution in [3.63, 3.8) is 0 Å². The molecular formula is C14H14F2N2O2. The molecule has 1 N–H and O–H groups in total. The smallest absolute Gasteiger partial charge is 0.299 e. The van der Waals surface area contributed by atoms with Crippen LogP contribution in [0, 0.1) is 11.6 Å². The molecule has 6 heteroatoms. The summed E-state index contributed by atoms with van der Waals surface area (Å²) in [4.78, 5) is 24.6. The number of amides is 1. The molecule has 1 saturated carbocycles. The lowest BCUT2D eigenvalue weighted by molar-refractivity contribution is -0.114. The molecule has 0 saturated heterocycles. The molecule has 1 aromatic carbocycles. The number of halogens is 2. The Bertz CT molecular complexity index is 585. The number of ketones is 1. The predicted octanol–water partition coefficient (Wildman–Crippen LogP) is 1.64. The lowest BCUT2D eigenvalue weighted by atomic mass is 10.1. The van der Waals surface area contributed by atoms with Crippen molar-refractivity contribution in [1.29, 1.82) is 0 Å². The van der Waals surface area contributed by atoms with E-state index < -0.39 is 28.9 Å². The van der Waals surface area contributed by atoms with Crippen molar-refractivity contribution >= 4 is 17.4 Å². The summed E-state index contributed by atoms with van der Waals surface area (Å²) in [5.74, 6) is -3.41. The van der Waals surface area contributed by atoms with Crippen molar-refractivity contribution in [3.05, 3.63) is 29.3 Å². The van der Waals surface area contributed by atoms with E-state index in [4.69, 9.17) is 0 Å². The van der Waals surface area contributed by atoms with Crippen LogP contribution >= 0.6 is 0 Å². The summed E-state index contributed by atoms with van der Waals surface area (Å²) < 4.78 is 27.4. The van der Waals surface area contributed by atoms with Gasteiger partial charge in [-0.05, 0) is 37.9 Å². The van der Waals surface area contributed by atoms with Crippen molar-refractivity contribution in [3.8, 4) is 0 Å². The Labute approximate surface area is 114 Å². The van der Waals surface area contributed by atoms with Gasteiger partial charge in [0, 0.05) is 12.6 Å². The van der Waals surface area contributed by atoms with Crippen LogP contribution in [0.4, 0.5) is 14.5 Å². The van der Waals surface area contributed by atoms with Crippen LogP contribution in [0.5, 0.6) is 0 Å². The number of fused-ring (bicyclic) bond motifs is 1. The van der Waals surface area contributed by atoms with Gasteiger partial charge in [0.05, 0.1) is 11.3 Å². The number of nitrogens with one attached hydrogen (secondary N) is 1. The summed E-state index contributed by atoms with van der Waals surface area (Å²) in [5.41, 5.74) is -0.656. The molecule has 1 aliphatic heterocycles. The van der Waals surface area contributed by atoms with E-state index >= 15 is 0 Å². The minimum Gasteiger partial charge on any atom is -0.314 e. The average Bonchev–Trinajstić information content (AvgIpc) is 3.21. The van der Waals surface area contributed by atoms with Crippen LogP contribution in [-0.2, 0) is 4.79 Å². The number of benzene rings is 1. The maximum Gasteiger partial charge on any atom is 0.299 e. The van der Waals surface area contributed by atoms with E-state index in [0.29, 0.717) is 19.0 Å². The van der Waals surface area contributed by atoms with Gasteiger partial charge in [0.15, 0.2) is 0 Å². The fourth-order valence-electron chi connectivity index (χ4n) is 2.40. The first-order valence-electron chi connectivity index (χ1n) is 6.67. The van der Waals surface area contributed by atoms with E-state index in [2.05, 4.69) is 5.32 Å². The van der Waals surface area contributed by atoms with Gasteiger partial charge in [-0.15, -0.1) is 0 Å². The second kappa shape index (κ2) is 4.94. The van der Waals surface area contributed by atoms with Gasteiger partial charge in [0.25, 0.3) is 11.7 Å². The maximum absolute atomic E-state index is 13.8. The molecule has 2 aliphatic rings. The minimum absolute atomic E-state index is 0.206. The van der Waals surface area contributed by atoms with E-state index in [9.17, 15) is 18.4 Å². The molecule has 1 aliphatic carbocycles. The maximum atomic E-state index is 13.8. The highest BCUT2D eigenvalue weighted by Gasteiger charge is 2.40. The van der Waals surface area contributed by atoms with E-state index in [-0.39, 0.29) is 12.2 Å². The molecule has 106 valence electrons. The Morgan fingerprint density at radius 2 is 1.90 bits per heavy atom. The molecule has 4 nitrogen and oxygen atoms in total. The van der Waals surface area contributed by atoms with Gasteiger partial charge >= 0.3 is 0 Å². The summed E-state index contributed by atoms with van der Waals surface area (Å²) >= 11 is 0. The summed E-state index contributed by atoms with van der Waals surface area (Å²) in [7, 11) is 0. The molecule has 1 heterocycles. The second-order valence-corrected chi connectivity index (χ2v) is 5.12. The molecule has 0 spiro atoms. The fourth-order valence-corrected chi connectivity index (χ4v) is 2.40. The van der Waals surface area contributed by atoms with Crippen LogP contribution in [0.15, 0.2) is 12.1 Å². The van der Waals surface area contributed by atoms with Gasteiger partial charge < -0.3 is 10.2 Å². The number of hydrogen-bond donors (Lipinski definition) is 1. The highest BCUT2D eigenvalue weighted by Crippen LogP contribution is 2.33. The number of carbonyl (C=O) groups excluding carboxylic acids is 2. The Morgan fingerprint density at radius 1 is 1.20 bits per heavy atom. The standard InChI is InChI=1S/C14H14F2N2O2/c15-9-4-5-10(16)12-11(9)13(19)14(20)18(12)7-1-6-17-8-2-3-8/h4-5,8,17H,1-3,6-7H2. The molecule has 3 rings (SSSR count). The first-order chi connectivity index (χ1) is 9.59. The summed E-state index contributed by atoms with van der Waals surface area (Å²) in [6.07, 6.45) is 2.90. The van der Waals surface area contributed by atoms with Crippen LogP contribution in [0.1, 0.15) is 29.6 Å². The lowest BCUT2D eigenvalue weighted by Gasteiger charge is -2.17. The number of nitrogens with zero attached hydrogens (tertiary/aromatic N) is 1. The summed E-state index contributed by atoms with van der Waals surface area (Å²) in [6.45, 7) is 0.895. The number of hydrogen-bond acceptors (Lipinski definition) is 3. The second-order valence-electron chi connectivity index (χ2n) is 5.12. The number of carbonyl (C=O) groups is 2. The zero-order valence-corrected chi connectivity index (χ0v) is 10.8. The molecule has 1 fully saturated rings. The van der Waals surface area contributed by atoms with Gasteiger partial charge in [-0.1, -0.05) is 0 Å². The highest BCUT2D eigenvalue weighted by molar-refractivity contribution is 6.52. The molecule has 1 aromatic rings. The number of anilines is 1. The van der Waals surface area contributed by atoms with Gasteiger partial charge in [-0.2, -0.15) is 0 Å². The Hall–Kier alpha value is -1.82. The van der Waals surface area contributed by atoms with E-state index in [1.807, 2.05) is 0 Å². The van der Waals surface area contributed by atoms with Crippen LogP contribution < -0.4 is 10.2 Å². The molecule has 0 atom stereocenters. The number of rotatable bonds is 5. The average molecular weight is 280 g/mol. The Morgan fingerprint density at radius 3 is 2.60 bits per heavy atom. The van der Waals surface area contributed by atoms with Gasteiger partial charge in [0.2, 0.25) is 0 Å². The first kappa shape index (κ1) is 13.2. The summed E-state index contributed by atoms with van der Waals surface area (Å²) in [5, 5.41) is 3.27. The lowest BCUT2D eigenvalue weighted by Crippen LogP contribution is -2.33. The van der Waals surface area contributed by atoms with Gasteiger partial charge in [-0.3, -0.25) is 9.59 Å². The van der Waals surface area contributed by atoms with Crippen LogP contribution in [-0.4, -0.2) is 30.8 Å².